The molecule has 2 amide bonds. The summed E-state index contributed by atoms with van der Waals surface area (Å²) in [6.07, 6.45) is 0.861. The van der Waals surface area contributed by atoms with Gasteiger partial charge in [-0.2, -0.15) is 0 Å². The Balaban J connectivity index is 2.68. The summed E-state index contributed by atoms with van der Waals surface area (Å²) in [6, 6.07) is -0.0400. The average molecular weight is 126 g/mol. The topological polar surface area (TPSA) is 41.5 Å². The van der Waals surface area contributed by atoms with Crippen molar-refractivity contribution >= 4 is 11.7 Å². The van der Waals surface area contributed by atoms with Gasteiger partial charge in [0.2, 0.25) is 0 Å². The molecule has 1 unspecified atom stereocenters. The van der Waals surface area contributed by atoms with Crippen LogP contribution in [0.3, 0.4) is 0 Å². The molecule has 50 valence electrons. The minimum Gasteiger partial charge on any atom is -0.328 e. The molecule has 1 atom stereocenters. The molecule has 0 spiro atoms. The second-order valence-corrected chi connectivity index (χ2v) is 2.13. The Morgan fingerprint density at radius 1 is 1.78 bits per heavy atom. The summed E-state index contributed by atoms with van der Waals surface area (Å²) < 4.78 is 0. The maximum Gasteiger partial charge on any atom is 0.341 e. The quantitative estimate of drug-likeness (QED) is 0.558. The van der Waals surface area contributed by atoms with E-state index in [4.69, 9.17) is 0 Å². The van der Waals surface area contributed by atoms with E-state index in [9.17, 15) is 4.79 Å². The van der Waals surface area contributed by atoms with Crippen molar-refractivity contribution in [2.45, 2.75) is 26.3 Å². The molecule has 0 fully saturated rings. The van der Waals surface area contributed by atoms with Gasteiger partial charge in [0.05, 0.1) is 6.04 Å². The Kier molecular flexibility index (Phi) is 1.51. The molecular weight excluding hydrogens is 116 g/mol. The molecule has 1 rings (SSSR count). The molecule has 0 saturated heterocycles. The van der Waals surface area contributed by atoms with Crippen LogP contribution < -0.4 is 5.32 Å². The molecule has 1 aliphatic rings. The highest BCUT2D eigenvalue weighted by atomic mass is 16.2. The molecule has 0 bridgehead atoms. The molecule has 0 aromatic carbocycles. The zero-order valence-corrected chi connectivity index (χ0v) is 5.64. The lowest BCUT2D eigenvalue weighted by Gasteiger charge is -2.01. The van der Waals surface area contributed by atoms with Crippen LogP contribution in [0.4, 0.5) is 4.79 Å². The highest BCUT2D eigenvalue weighted by Gasteiger charge is 2.18. The molecule has 0 radical (unpaired) electrons. The van der Waals surface area contributed by atoms with E-state index >= 15 is 0 Å². The number of carbonyl (C=O) groups is 1. The van der Waals surface area contributed by atoms with Gasteiger partial charge in [-0.25, -0.2) is 9.79 Å². The first kappa shape index (κ1) is 6.26. The van der Waals surface area contributed by atoms with E-state index in [2.05, 4.69) is 10.3 Å². The van der Waals surface area contributed by atoms with Crippen LogP contribution in [0.15, 0.2) is 4.99 Å². The summed E-state index contributed by atoms with van der Waals surface area (Å²) in [5.41, 5.74) is 0.958. The maximum absolute atomic E-state index is 10.5. The Labute approximate surface area is 54.2 Å². The number of hydrogen-bond acceptors (Lipinski definition) is 1. The summed E-state index contributed by atoms with van der Waals surface area (Å²) >= 11 is 0. The van der Waals surface area contributed by atoms with Gasteiger partial charge in [0, 0.05) is 5.71 Å². The third-order valence-electron chi connectivity index (χ3n) is 1.45. The van der Waals surface area contributed by atoms with E-state index in [-0.39, 0.29) is 12.1 Å². The van der Waals surface area contributed by atoms with Gasteiger partial charge in [0.1, 0.15) is 0 Å². The van der Waals surface area contributed by atoms with Crippen LogP contribution in [0.1, 0.15) is 20.3 Å². The lowest BCUT2D eigenvalue weighted by molar-refractivity contribution is 0.250. The van der Waals surface area contributed by atoms with E-state index in [0.717, 1.165) is 12.1 Å². The first-order valence-electron chi connectivity index (χ1n) is 3.12. The van der Waals surface area contributed by atoms with Crippen molar-refractivity contribution in [3.63, 3.8) is 0 Å². The smallest absolute Gasteiger partial charge is 0.328 e. The summed E-state index contributed by atoms with van der Waals surface area (Å²) in [4.78, 5) is 14.3. The molecule has 3 heteroatoms. The van der Waals surface area contributed by atoms with Crippen LogP contribution in [0.5, 0.6) is 0 Å². The van der Waals surface area contributed by atoms with Crippen molar-refractivity contribution in [3.8, 4) is 0 Å². The molecule has 0 aliphatic carbocycles. The van der Waals surface area contributed by atoms with Crippen LogP contribution in [0.2, 0.25) is 0 Å². The monoisotopic (exact) mass is 126 g/mol. The number of hydrogen-bond donors (Lipinski definition) is 1. The number of rotatable bonds is 1. The number of nitrogens with one attached hydrogen (secondary N) is 1. The van der Waals surface area contributed by atoms with Gasteiger partial charge in [-0.3, -0.25) is 0 Å². The van der Waals surface area contributed by atoms with Crippen LogP contribution in [0.25, 0.3) is 0 Å². The molecule has 1 N–H and O–H groups in total. The molecule has 0 saturated carbocycles. The van der Waals surface area contributed by atoms with Crippen LogP contribution in [-0.4, -0.2) is 17.8 Å². The number of urea groups is 1. The summed E-state index contributed by atoms with van der Waals surface area (Å²) in [6.45, 7) is 3.93. The highest BCUT2D eigenvalue weighted by molar-refractivity contribution is 6.04. The average Bonchev–Trinajstić information content (AvgIpc) is 2.10. The third kappa shape index (κ3) is 1.09. The SMILES string of the molecule is CCC1=NC(=O)NC1C. The van der Waals surface area contributed by atoms with Crippen molar-refractivity contribution in [2.24, 2.45) is 4.99 Å². The number of carbonyl (C=O) groups excluding carboxylic acids is 1. The lowest BCUT2D eigenvalue weighted by atomic mass is 10.2. The van der Waals surface area contributed by atoms with Gasteiger partial charge in [-0.1, -0.05) is 6.92 Å². The molecule has 0 aromatic heterocycles. The van der Waals surface area contributed by atoms with E-state index in [1.807, 2.05) is 13.8 Å². The summed E-state index contributed by atoms with van der Waals surface area (Å²) in [7, 11) is 0. The predicted molar refractivity (Wildman–Crippen MR) is 35.7 cm³/mol. The minimum atomic E-state index is -0.195. The van der Waals surface area contributed by atoms with Crippen LogP contribution >= 0.6 is 0 Å². The second kappa shape index (κ2) is 2.17. The van der Waals surface area contributed by atoms with Crippen molar-refractivity contribution in [3.05, 3.63) is 0 Å². The zero-order chi connectivity index (χ0) is 6.85. The van der Waals surface area contributed by atoms with Gasteiger partial charge in [0.15, 0.2) is 0 Å². The van der Waals surface area contributed by atoms with Gasteiger partial charge in [-0.05, 0) is 13.3 Å². The summed E-state index contributed by atoms with van der Waals surface area (Å²) in [5.74, 6) is 0. The lowest BCUT2D eigenvalue weighted by Crippen LogP contribution is -2.27. The molecule has 3 nitrogen and oxygen atoms in total. The minimum absolute atomic E-state index is 0.155. The van der Waals surface area contributed by atoms with Crippen molar-refractivity contribution in [1.29, 1.82) is 0 Å². The normalized spacial score (nSPS) is 25.8. The second-order valence-electron chi connectivity index (χ2n) is 2.13. The highest BCUT2D eigenvalue weighted by Crippen LogP contribution is 2.01. The Morgan fingerprint density at radius 2 is 2.44 bits per heavy atom. The van der Waals surface area contributed by atoms with Gasteiger partial charge < -0.3 is 5.32 Å². The Hall–Kier alpha value is -0.860. The van der Waals surface area contributed by atoms with Crippen molar-refractivity contribution in [1.82, 2.24) is 5.32 Å². The fourth-order valence-corrected chi connectivity index (χ4v) is 0.913. The zero-order valence-electron chi connectivity index (χ0n) is 5.64. The molecule has 9 heavy (non-hydrogen) atoms. The van der Waals surface area contributed by atoms with Gasteiger partial charge >= 0.3 is 6.03 Å². The third-order valence-corrected chi connectivity index (χ3v) is 1.45. The molecule has 0 aromatic rings. The van der Waals surface area contributed by atoms with Crippen LogP contribution in [0, 0.1) is 0 Å². The molecule has 1 aliphatic heterocycles. The standard InChI is InChI=1S/C6H10N2O/c1-3-5-4(2)7-6(9)8-5/h4H,3H2,1-2H3,(H,7,9). The summed E-state index contributed by atoms with van der Waals surface area (Å²) in [5, 5.41) is 2.68. The first-order chi connectivity index (χ1) is 4.24. The number of aliphatic imine (C=N–C) groups is 1. The number of nitrogens with zero attached hydrogens (tertiary/aromatic N) is 1. The molecule has 1 heterocycles. The van der Waals surface area contributed by atoms with Crippen LogP contribution in [-0.2, 0) is 0 Å². The largest absolute Gasteiger partial charge is 0.341 e. The van der Waals surface area contributed by atoms with Gasteiger partial charge in [0.25, 0.3) is 0 Å². The number of amides is 2. The van der Waals surface area contributed by atoms with Gasteiger partial charge in [-0.15, -0.1) is 0 Å². The maximum atomic E-state index is 10.5. The predicted octanol–water partition coefficient (Wildman–Crippen LogP) is 0.949. The van der Waals surface area contributed by atoms with E-state index in [0.29, 0.717) is 0 Å². The Morgan fingerprint density at radius 3 is 2.67 bits per heavy atom. The first-order valence-corrected chi connectivity index (χ1v) is 3.12. The van der Waals surface area contributed by atoms with Crippen molar-refractivity contribution in [2.75, 3.05) is 0 Å². The van der Waals surface area contributed by atoms with Crippen molar-refractivity contribution < 1.29 is 4.79 Å². The molecular formula is C6H10N2O. The van der Waals surface area contributed by atoms with E-state index in [1.165, 1.54) is 0 Å². The Bertz CT molecular complexity index is 162. The fourth-order valence-electron chi connectivity index (χ4n) is 0.913. The van der Waals surface area contributed by atoms with E-state index < -0.39 is 0 Å². The fraction of sp³-hybridized carbons (Fsp3) is 0.667. The van der Waals surface area contributed by atoms with E-state index in [1.54, 1.807) is 0 Å².